The Bertz CT molecular complexity index is 1390. The zero-order valence-corrected chi connectivity index (χ0v) is 34.7. The molecule has 0 bridgehead atoms. The highest BCUT2D eigenvalue weighted by atomic mass is 16.4. The van der Waals surface area contributed by atoms with Crippen molar-refractivity contribution in [2.24, 2.45) is 29.2 Å². The van der Waals surface area contributed by atoms with Gasteiger partial charge in [-0.3, -0.25) is 38.4 Å². The maximum Gasteiger partial charge on any atom is 0.326 e. The highest BCUT2D eigenvalue weighted by molar-refractivity contribution is 5.98. The first kappa shape index (κ1) is 52.2. The maximum absolute atomic E-state index is 13.7. The quantitative estimate of drug-likeness (QED) is 0.0426. The normalized spacial score (nSPS) is 15.5. The lowest BCUT2D eigenvalue weighted by atomic mass is 9.98. The number of carboxylic acid groups (broad SMARTS) is 2. The molecule has 13 N–H and O–H groups in total. The Hall–Kier alpha value is -4.85. The summed E-state index contributed by atoms with van der Waals surface area (Å²) >= 11 is 0. The molecule has 0 aliphatic heterocycles. The van der Waals surface area contributed by atoms with Crippen molar-refractivity contribution < 1.29 is 53.4 Å². The summed E-state index contributed by atoms with van der Waals surface area (Å²) in [5.41, 5.74) is 11.0. The second-order valence-electron chi connectivity index (χ2n) is 15.7. The molecular formula is C37H67N9O11. The van der Waals surface area contributed by atoms with Crippen LogP contribution in [0.25, 0.3) is 0 Å². The third-order valence-corrected chi connectivity index (χ3v) is 8.51. The van der Waals surface area contributed by atoms with Gasteiger partial charge in [0.25, 0.3) is 0 Å². The van der Waals surface area contributed by atoms with Crippen molar-refractivity contribution in [3.8, 4) is 0 Å². The first-order chi connectivity index (χ1) is 26.4. The van der Waals surface area contributed by atoms with E-state index in [1.807, 2.05) is 27.7 Å². The van der Waals surface area contributed by atoms with Gasteiger partial charge in [0.05, 0.1) is 12.5 Å². The van der Waals surface area contributed by atoms with E-state index in [0.717, 1.165) is 0 Å². The molecule has 0 unspecified atom stereocenters. The molecule has 20 nitrogen and oxygen atoms in total. The van der Waals surface area contributed by atoms with E-state index in [0.29, 0.717) is 19.4 Å². The van der Waals surface area contributed by atoms with Crippen molar-refractivity contribution in [1.82, 2.24) is 37.2 Å². The predicted molar refractivity (Wildman–Crippen MR) is 210 cm³/mol. The van der Waals surface area contributed by atoms with Gasteiger partial charge in [0, 0.05) is 0 Å². The van der Waals surface area contributed by atoms with Crippen LogP contribution in [0.3, 0.4) is 0 Å². The molecule has 0 aliphatic carbocycles. The summed E-state index contributed by atoms with van der Waals surface area (Å²) < 4.78 is 0. The van der Waals surface area contributed by atoms with Crippen molar-refractivity contribution in [2.75, 3.05) is 6.54 Å². The molecule has 0 aromatic heterocycles. The lowest BCUT2D eigenvalue weighted by Gasteiger charge is -2.28. The Kier molecular flexibility index (Phi) is 23.9. The fourth-order valence-electron chi connectivity index (χ4n) is 5.44. The lowest BCUT2D eigenvalue weighted by Crippen LogP contribution is -2.60. The van der Waals surface area contributed by atoms with Gasteiger partial charge < -0.3 is 58.9 Å². The molecule has 0 aliphatic rings. The molecule has 8 atom stereocenters. The summed E-state index contributed by atoms with van der Waals surface area (Å²) in [7, 11) is 0. The van der Waals surface area contributed by atoms with Crippen LogP contribution in [0.4, 0.5) is 0 Å². The SMILES string of the molecule is CC(C)C[C@H](NC(=O)[C@H](C)NC(=O)[C@H](CC(=O)O)NC(=O)[C@H](C)NC(=O)[C@H](C)N)C(=O)N[C@@H](CC(C)C)C(=O)N[C@@H](CC(C)C)C(=O)N[C@@H](CCCCN)C(=O)O. The average molecular weight is 814 g/mol. The van der Waals surface area contributed by atoms with E-state index in [-0.39, 0.29) is 43.4 Å². The number of carbonyl (C=O) groups excluding carboxylic acids is 7. The van der Waals surface area contributed by atoms with Gasteiger partial charge in [-0.1, -0.05) is 41.5 Å². The molecule has 326 valence electrons. The lowest BCUT2D eigenvalue weighted by molar-refractivity contribution is -0.142. The second kappa shape index (κ2) is 26.1. The largest absolute Gasteiger partial charge is 0.481 e. The van der Waals surface area contributed by atoms with E-state index in [9.17, 15) is 53.4 Å². The van der Waals surface area contributed by atoms with Gasteiger partial charge in [-0.15, -0.1) is 0 Å². The fourth-order valence-corrected chi connectivity index (χ4v) is 5.44. The van der Waals surface area contributed by atoms with E-state index in [1.165, 1.54) is 20.8 Å². The molecule has 0 aromatic rings. The zero-order chi connectivity index (χ0) is 44.2. The van der Waals surface area contributed by atoms with Crippen LogP contribution in [-0.2, 0) is 43.2 Å². The number of nitrogens with one attached hydrogen (secondary N) is 7. The molecular weight excluding hydrogens is 746 g/mol. The number of nitrogens with two attached hydrogens (primary N) is 2. The summed E-state index contributed by atoms with van der Waals surface area (Å²) in [4.78, 5) is 115. The number of carbonyl (C=O) groups is 9. The molecule has 0 radical (unpaired) electrons. The summed E-state index contributed by atoms with van der Waals surface area (Å²) in [6.45, 7) is 15.2. The topological polar surface area (TPSA) is 330 Å². The van der Waals surface area contributed by atoms with Crippen LogP contribution < -0.4 is 48.7 Å². The zero-order valence-electron chi connectivity index (χ0n) is 34.7. The molecule has 0 saturated heterocycles. The summed E-state index contributed by atoms with van der Waals surface area (Å²) in [5, 5.41) is 36.4. The smallest absolute Gasteiger partial charge is 0.326 e. The molecule has 0 aromatic carbocycles. The maximum atomic E-state index is 13.7. The van der Waals surface area contributed by atoms with E-state index in [4.69, 9.17) is 11.5 Å². The van der Waals surface area contributed by atoms with Gasteiger partial charge in [-0.05, 0) is 83.6 Å². The van der Waals surface area contributed by atoms with E-state index in [1.54, 1.807) is 13.8 Å². The van der Waals surface area contributed by atoms with Crippen LogP contribution in [0, 0.1) is 17.8 Å². The first-order valence-electron chi connectivity index (χ1n) is 19.4. The number of hydrogen-bond donors (Lipinski definition) is 11. The van der Waals surface area contributed by atoms with Gasteiger partial charge >= 0.3 is 11.9 Å². The van der Waals surface area contributed by atoms with Gasteiger partial charge in [0.2, 0.25) is 41.4 Å². The molecule has 57 heavy (non-hydrogen) atoms. The molecule has 0 saturated carbocycles. The standard InChI is InChI=1S/C37H67N9O11/c1-18(2)14-25(43-32(51)23(9)41-33(52)28(17-29(47)48)44-31(50)22(8)40-30(49)21(7)39)35(54)46-27(16-20(5)6)36(55)45-26(15-19(3)4)34(53)42-24(37(56)57)12-10-11-13-38/h18-28H,10-17,38-39H2,1-9H3,(H,40,49)(H,41,52)(H,42,53)(H,43,51)(H,44,50)(H,45,55)(H,46,54)(H,47,48)(H,56,57)/t21-,22-,23-,24-,25-,26-,27-,28-/m0/s1. The Morgan fingerprint density at radius 3 is 1.12 bits per heavy atom. The Morgan fingerprint density at radius 2 is 0.789 bits per heavy atom. The van der Waals surface area contributed by atoms with Crippen molar-refractivity contribution >= 4 is 53.3 Å². The predicted octanol–water partition coefficient (Wildman–Crippen LogP) is -1.41. The minimum Gasteiger partial charge on any atom is -0.481 e. The number of hydrogen-bond acceptors (Lipinski definition) is 11. The van der Waals surface area contributed by atoms with Crippen molar-refractivity contribution in [3.63, 3.8) is 0 Å². The average Bonchev–Trinajstić information content (AvgIpc) is 3.08. The van der Waals surface area contributed by atoms with Gasteiger partial charge in [0.15, 0.2) is 0 Å². The highest BCUT2D eigenvalue weighted by Crippen LogP contribution is 2.12. The summed E-state index contributed by atoms with van der Waals surface area (Å²) in [6, 6.07) is -9.77. The molecule has 0 heterocycles. The van der Waals surface area contributed by atoms with Gasteiger partial charge in [-0.25, -0.2) is 4.79 Å². The third kappa shape index (κ3) is 21.3. The first-order valence-corrected chi connectivity index (χ1v) is 19.4. The molecule has 0 fully saturated rings. The number of rotatable bonds is 27. The Morgan fingerprint density at radius 1 is 0.456 bits per heavy atom. The van der Waals surface area contributed by atoms with Gasteiger partial charge in [0.1, 0.15) is 42.3 Å². The monoisotopic (exact) mass is 813 g/mol. The van der Waals surface area contributed by atoms with Crippen molar-refractivity contribution in [1.29, 1.82) is 0 Å². The van der Waals surface area contributed by atoms with Crippen LogP contribution in [0.1, 0.15) is 107 Å². The van der Waals surface area contributed by atoms with Crippen molar-refractivity contribution in [3.05, 3.63) is 0 Å². The summed E-state index contributed by atoms with van der Waals surface area (Å²) in [6.07, 6.45) is 0.749. The highest BCUT2D eigenvalue weighted by Gasteiger charge is 2.34. The minimum absolute atomic E-state index is 0.0833. The van der Waals surface area contributed by atoms with Crippen LogP contribution in [0.15, 0.2) is 0 Å². The second-order valence-corrected chi connectivity index (χ2v) is 15.7. The van der Waals surface area contributed by atoms with E-state index in [2.05, 4.69) is 37.2 Å². The minimum atomic E-state index is -1.64. The molecule has 20 heteroatoms. The van der Waals surface area contributed by atoms with E-state index >= 15 is 0 Å². The number of carboxylic acids is 2. The van der Waals surface area contributed by atoms with Crippen LogP contribution >= 0.6 is 0 Å². The van der Waals surface area contributed by atoms with Gasteiger partial charge in [-0.2, -0.15) is 0 Å². The van der Waals surface area contributed by atoms with Crippen LogP contribution in [0.5, 0.6) is 0 Å². The fraction of sp³-hybridized carbons (Fsp3) is 0.757. The number of aliphatic carboxylic acids is 2. The van der Waals surface area contributed by atoms with E-state index < -0.39 is 108 Å². The molecule has 0 spiro atoms. The Labute approximate surface area is 334 Å². The number of amides is 7. The van der Waals surface area contributed by atoms with Crippen LogP contribution in [0.2, 0.25) is 0 Å². The number of unbranched alkanes of at least 4 members (excludes halogenated alkanes) is 1. The van der Waals surface area contributed by atoms with Crippen LogP contribution in [-0.4, -0.2) is 118 Å². The van der Waals surface area contributed by atoms with Crippen molar-refractivity contribution in [2.45, 2.75) is 156 Å². The molecule has 7 amide bonds. The Balaban J connectivity index is 6.04. The summed E-state index contributed by atoms with van der Waals surface area (Å²) in [5.74, 6) is -8.52. The third-order valence-electron chi connectivity index (χ3n) is 8.51. The molecule has 0 rings (SSSR count).